The molecule has 0 spiro atoms. The summed E-state index contributed by atoms with van der Waals surface area (Å²) in [7, 11) is -3.70. The summed E-state index contributed by atoms with van der Waals surface area (Å²) in [6, 6.07) is 15.5. The van der Waals surface area contributed by atoms with Crippen molar-refractivity contribution >= 4 is 31.6 Å². The van der Waals surface area contributed by atoms with Crippen molar-refractivity contribution in [3.05, 3.63) is 64.8 Å². The molecular formula is C16H13BrN2O3S. The number of anilines is 1. The normalized spacial score (nSPS) is 11.4. The van der Waals surface area contributed by atoms with Crippen LogP contribution in [0.3, 0.4) is 0 Å². The first-order valence-corrected chi connectivity index (χ1v) is 9.05. The Balaban J connectivity index is 2.01. The van der Waals surface area contributed by atoms with Gasteiger partial charge in [-0.1, -0.05) is 51.4 Å². The number of rotatable bonds is 4. The van der Waals surface area contributed by atoms with Crippen LogP contribution in [0.1, 0.15) is 5.76 Å². The number of aromatic nitrogens is 1. The summed E-state index contributed by atoms with van der Waals surface area (Å²) in [4.78, 5) is 0.183. The zero-order valence-electron chi connectivity index (χ0n) is 12.2. The van der Waals surface area contributed by atoms with E-state index in [4.69, 9.17) is 4.52 Å². The van der Waals surface area contributed by atoms with E-state index < -0.39 is 10.0 Å². The molecule has 3 aromatic rings. The van der Waals surface area contributed by atoms with Gasteiger partial charge in [0.15, 0.2) is 5.76 Å². The summed E-state index contributed by atoms with van der Waals surface area (Å²) < 4.78 is 33.7. The summed E-state index contributed by atoms with van der Waals surface area (Å²) >= 11 is 3.37. The van der Waals surface area contributed by atoms with Gasteiger partial charge in [-0.25, -0.2) is 8.42 Å². The Hall–Kier alpha value is -2.12. The summed E-state index contributed by atoms with van der Waals surface area (Å²) in [5.41, 5.74) is 1.56. The largest absolute Gasteiger partial charge is 0.359 e. The highest BCUT2D eigenvalue weighted by Gasteiger charge is 2.21. The highest BCUT2D eigenvalue weighted by atomic mass is 79.9. The first-order chi connectivity index (χ1) is 11.0. The maximum absolute atomic E-state index is 12.5. The minimum Gasteiger partial charge on any atom is -0.359 e. The summed E-state index contributed by atoms with van der Waals surface area (Å²) in [6.07, 6.45) is 0. The molecule has 0 amide bonds. The van der Waals surface area contributed by atoms with Crippen molar-refractivity contribution < 1.29 is 12.9 Å². The molecule has 2 aromatic carbocycles. The first kappa shape index (κ1) is 15.8. The van der Waals surface area contributed by atoms with E-state index in [1.165, 1.54) is 12.1 Å². The van der Waals surface area contributed by atoms with Gasteiger partial charge in [-0.15, -0.1) is 0 Å². The van der Waals surface area contributed by atoms with Gasteiger partial charge in [0.1, 0.15) is 11.4 Å². The number of aryl methyl sites for hydroxylation is 1. The molecule has 5 nitrogen and oxygen atoms in total. The predicted molar refractivity (Wildman–Crippen MR) is 91.6 cm³/mol. The topological polar surface area (TPSA) is 72.2 Å². The second-order valence-electron chi connectivity index (χ2n) is 4.89. The van der Waals surface area contributed by atoms with Crippen molar-refractivity contribution in [3.8, 4) is 11.3 Å². The van der Waals surface area contributed by atoms with Crippen molar-refractivity contribution in [3.63, 3.8) is 0 Å². The Morgan fingerprint density at radius 2 is 1.70 bits per heavy atom. The molecule has 0 saturated heterocycles. The average molecular weight is 393 g/mol. The molecule has 3 rings (SSSR count). The summed E-state index contributed by atoms with van der Waals surface area (Å²) in [6.45, 7) is 1.66. The van der Waals surface area contributed by atoms with E-state index >= 15 is 0 Å². The van der Waals surface area contributed by atoms with E-state index in [1.54, 1.807) is 25.1 Å². The third-order valence-electron chi connectivity index (χ3n) is 3.27. The third kappa shape index (κ3) is 3.30. The van der Waals surface area contributed by atoms with Crippen molar-refractivity contribution in [1.29, 1.82) is 0 Å². The molecule has 118 valence electrons. The lowest BCUT2D eigenvalue weighted by molar-refractivity contribution is 0.400. The van der Waals surface area contributed by atoms with Crippen LogP contribution >= 0.6 is 15.9 Å². The Bertz CT molecular complexity index is 920. The number of benzene rings is 2. The maximum atomic E-state index is 12.5. The van der Waals surface area contributed by atoms with E-state index in [9.17, 15) is 8.42 Å². The highest BCUT2D eigenvalue weighted by molar-refractivity contribution is 9.10. The fourth-order valence-corrected chi connectivity index (χ4v) is 3.50. The standard InChI is InChI=1S/C16H13BrN2O3S/c1-11-15(19-23(20,21)14-5-3-2-4-6-14)16(18-22-11)12-7-9-13(17)10-8-12/h2-10,19H,1H3. The molecule has 0 atom stereocenters. The third-order valence-corrected chi connectivity index (χ3v) is 5.16. The van der Waals surface area contributed by atoms with Gasteiger partial charge in [0, 0.05) is 10.0 Å². The lowest BCUT2D eigenvalue weighted by atomic mass is 10.1. The van der Waals surface area contributed by atoms with E-state index in [0.717, 1.165) is 10.0 Å². The highest BCUT2D eigenvalue weighted by Crippen LogP contribution is 2.32. The predicted octanol–water partition coefficient (Wildman–Crippen LogP) is 4.21. The smallest absolute Gasteiger partial charge is 0.262 e. The lowest BCUT2D eigenvalue weighted by Gasteiger charge is -2.08. The van der Waals surface area contributed by atoms with Crippen LogP contribution in [0.2, 0.25) is 0 Å². The monoisotopic (exact) mass is 392 g/mol. The molecule has 0 saturated carbocycles. The van der Waals surface area contributed by atoms with E-state index in [0.29, 0.717) is 17.1 Å². The Labute approximate surface area is 142 Å². The average Bonchev–Trinajstić information content (AvgIpc) is 2.90. The SMILES string of the molecule is Cc1onc(-c2ccc(Br)cc2)c1NS(=O)(=O)c1ccccc1. The minimum atomic E-state index is -3.70. The van der Waals surface area contributed by atoms with Crippen molar-refractivity contribution in [1.82, 2.24) is 5.16 Å². The number of halogens is 1. The molecule has 0 fully saturated rings. The van der Waals surface area contributed by atoms with Crippen LogP contribution < -0.4 is 4.72 Å². The second kappa shape index (κ2) is 6.17. The lowest BCUT2D eigenvalue weighted by Crippen LogP contribution is -2.13. The zero-order chi connectivity index (χ0) is 16.4. The maximum Gasteiger partial charge on any atom is 0.262 e. The van der Waals surface area contributed by atoms with Gasteiger partial charge < -0.3 is 4.52 Å². The first-order valence-electron chi connectivity index (χ1n) is 6.77. The van der Waals surface area contributed by atoms with Crippen LogP contribution in [0, 0.1) is 6.92 Å². The molecule has 1 N–H and O–H groups in total. The van der Waals surface area contributed by atoms with Crippen molar-refractivity contribution in [2.45, 2.75) is 11.8 Å². The Morgan fingerprint density at radius 1 is 1.04 bits per heavy atom. The number of nitrogens with one attached hydrogen (secondary N) is 1. The molecule has 0 aliphatic heterocycles. The number of nitrogens with zero attached hydrogens (tertiary/aromatic N) is 1. The molecule has 0 bridgehead atoms. The molecule has 0 aliphatic carbocycles. The minimum absolute atomic E-state index is 0.183. The van der Waals surface area contributed by atoms with Crippen LogP contribution in [0.5, 0.6) is 0 Å². The van der Waals surface area contributed by atoms with Gasteiger partial charge in [0.2, 0.25) is 0 Å². The molecular weight excluding hydrogens is 380 g/mol. The van der Waals surface area contributed by atoms with Crippen LogP contribution in [-0.2, 0) is 10.0 Å². The molecule has 0 aliphatic rings. The van der Waals surface area contributed by atoms with Crippen molar-refractivity contribution in [2.24, 2.45) is 0 Å². The fraction of sp³-hybridized carbons (Fsp3) is 0.0625. The quantitative estimate of drug-likeness (QED) is 0.721. The van der Waals surface area contributed by atoms with E-state index in [2.05, 4.69) is 25.8 Å². The number of sulfonamides is 1. The number of hydrogen-bond donors (Lipinski definition) is 1. The van der Waals surface area contributed by atoms with Crippen LogP contribution in [0.25, 0.3) is 11.3 Å². The van der Waals surface area contributed by atoms with Crippen LogP contribution in [-0.4, -0.2) is 13.6 Å². The molecule has 1 aromatic heterocycles. The summed E-state index contributed by atoms with van der Waals surface area (Å²) in [5, 5.41) is 3.98. The number of hydrogen-bond acceptors (Lipinski definition) is 4. The van der Waals surface area contributed by atoms with Crippen LogP contribution in [0.15, 0.2) is 68.5 Å². The van der Waals surface area contributed by atoms with Gasteiger partial charge in [0.05, 0.1) is 4.90 Å². The molecule has 1 heterocycles. The second-order valence-corrected chi connectivity index (χ2v) is 7.49. The summed E-state index contributed by atoms with van der Waals surface area (Å²) in [5.74, 6) is 0.405. The Morgan fingerprint density at radius 3 is 2.35 bits per heavy atom. The van der Waals surface area contributed by atoms with Crippen LogP contribution in [0.4, 0.5) is 5.69 Å². The van der Waals surface area contributed by atoms with Crippen molar-refractivity contribution in [2.75, 3.05) is 4.72 Å². The molecule has 0 unspecified atom stereocenters. The zero-order valence-corrected chi connectivity index (χ0v) is 14.6. The molecule has 7 heteroatoms. The van der Waals surface area contributed by atoms with Gasteiger partial charge >= 0.3 is 0 Å². The fourth-order valence-electron chi connectivity index (χ4n) is 2.09. The molecule has 0 radical (unpaired) electrons. The van der Waals surface area contributed by atoms with Gasteiger partial charge in [-0.3, -0.25) is 4.72 Å². The molecule has 23 heavy (non-hydrogen) atoms. The van der Waals surface area contributed by atoms with Gasteiger partial charge in [0.25, 0.3) is 10.0 Å². The van der Waals surface area contributed by atoms with E-state index in [-0.39, 0.29) is 4.90 Å². The Kier molecular flexibility index (Phi) is 4.23. The van der Waals surface area contributed by atoms with Gasteiger partial charge in [-0.2, -0.15) is 0 Å². The van der Waals surface area contributed by atoms with E-state index in [1.807, 2.05) is 24.3 Å². The van der Waals surface area contributed by atoms with Gasteiger partial charge in [-0.05, 0) is 31.2 Å².